The van der Waals surface area contributed by atoms with Crippen LogP contribution in [-0.4, -0.2) is 16.6 Å². The molecule has 0 bridgehead atoms. The lowest BCUT2D eigenvalue weighted by Crippen LogP contribution is -2.13. The molecule has 112 valence electrons. The summed E-state index contributed by atoms with van der Waals surface area (Å²) in [6.07, 6.45) is -0.913. The monoisotopic (exact) mass is 317 g/mol. The molecule has 0 fully saturated rings. The first-order chi connectivity index (χ1) is 10.5. The molecule has 2 aromatic carbocycles. The number of nitro groups is 1. The maximum Gasteiger partial charge on any atom is 0.293 e. The van der Waals surface area contributed by atoms with E-state index >= 15 is 0 Å². The summed E-state index contributed by atoms with van der Waals surface area (Å²) in [6.45, 7) is 0.0521. The lowest BCUT2D eigenvalue weighted by Gasteiger charge is -2.14. The van der Waals surface area contributed by atoms with Crippen molar-refractivity contribution in [3.8, 4) is 6.07 Å². The molecular weight excluding hydrogens is 306 g/mol. The van der Waals surface area contributed by atoms with Crippen molar-refractivity contribution >= 4 is 23.0 Å². The summed E-state index contributed by atoms with van der Waals surface area (Å²) in [6, 6.07) is 12.8. The first-order valence-electron chi connectivity index (χ1n) is 6.38. The number of benzene rings is 2. The molecule has 0 saturated carbocycles. The molecular formula is C15H12ClN3O3. The van der Waals surface area contributed by atoms with Gasteiger partial charge in [-0.15, -0.1) is 0 Å². The van der Waals surface area contributed by atoms with E-state index in [4.69, 9.17) is 16.9 Å². The molecule has 0 saturated heterocycles. The molecule has 6 nitrogen and oxygen atoms in total. The van der Waals surface area contributed by atoms with E-state index in [0.717, 1.165) is 0 Å². The first kappa shape index (κ1) is 15.8. The fourth-order valence-corrected chi connectivity index (χ4v) is 2.23. The molecule has 2 rings (SSSR count). The number of nitrogens with one attached hydrogen (secondary N) is 1. The van der Waals surface area contributed by atoms with Crippen LogP contribution >= 0.6 is 11.6 Å². The van der Waals surface area contributed by atoms with Crippen molar-refractivity contribution in [2.75, 3.05) is 11.9 Å². The number of anilines is 1. The SMILES string of the molecule is N#Cc1ccc(NCC(O)c2ccccc2Cl)c([N+](=O)[O-])c1. The molecule has 1 unspecified atom stereocenters. The lowest BCUT2D eigenvalue weighted by atomic mass is 10.1. The van der Waals surface area contributed by atoms with Gasteiger partial charge in [0.05, 0.1) is 22.7 Å². The third-order valence-corrected chi connectivity index (χ3v) is 3.42. The molecule has 1 atom stereocenters. The quantitative estimate of drug-likeness (QED) is 0.651. The summed E-state index contributed by atoms with van der Waals surface area (Å²) >= 11 is 5.99. The van der Waals surface area contributed by atoms with Crippen molar-refractivity contribution in [3.05, 3.63) is 68.7 Å². The summed E-state index contributed by atoms with van der Waals surface area (Å²) in [4.78, 5) is 10.5. The van der Waals surface area contributed by atoms with Crippen LogP contribution in [-0.2, 0) is 0 Å². The number of nitrogens with zero attached hydrogens (tertiary/aromatic N) is 2. The van der Waals surface area contributed by atoms with E-state index in [9.17, 15) is 15.2 Å². The summed E-state index contributed by atoms with van der Waals surface area (Å²) < 4.78 is 0. The molecule has 0 aliphatic rings. The van der Waals surface area contributed by atoms with Crippen molar-refractivity contribution in [2.24, 2.45) is 0 Å². The number of rotatable bonds is 5. The van der Waals surface area contributed by atoms with Crippen LogP contribution in [0, 0.1) is 21.4 Å². The molecule has 2 aromatic rings. The molecule has 0 amide bonds. The summed E-state index contributed by atoms with van der Waals surface area (Å²) in [5.74, 6) is 0. The van der Waals surface area contributed by atoms with Gasteiger partial charge in [0.15, 0.2) is 0 Å². The summed E-state index contributed by atoms with van der Waals surface area (Å²) in [7, 11) is 0. The number of hydrogen-bond acceptors (Lipinski definition) is 5. The number of nitriles is 1. The first-order valence-corrected chi connectivity index (χ1v) is 6.75. The van der Waals surface area contributed by atoms with Gasteiger partial charge in [0.25, 0.3) is 5.69 Å². The van der Waals surface area contributed by atoms with Gasteiger partial charge in [0, 0.05) is 23.2 Å². The van der Waals surface area contributed by atoms with Gasteiger partial charge >= 0.3 is 0 Å². The Hall–Kier alpha value is -2.62. The van der Waals surface area contributed by atoms with E-state index in [2.05, 4.69) is 5.32 Å². The predicted octanol–water partition coefficient (Wildman–Crippen LogP) is 3.27. The number of aliphatic hydroxyl groups is 1. The zero-order chi connectivity index (χ0) is 16.1. The number of nitro benzene ring substituents is 1. The van der Waals surface area contributed by atoms with Crippen molar-refractivity contribution in [1.82, 2.24) is 0 Å². The highest BCUT2D eigenvalue weighted by Crippen LogP contribution is 2.27. The molecule has 2 N–H and O–H groups in total. The molecule has 0 spiro atoms. The Kier molecular flexibility index (Phi) is 4.94. The van der Waals surface area contributed by atoms with Crippen LogP contribution < -0.4 is 5.32 Å². The Labute approximate surface area is 131 Å². The Morgan fingerprint density at radius 2 is 2.09 bits per heavy atom. The predicted molar refractivity (Wildman–Crippen MR) is 82.7 cm³/mol. The molecule has 7 heteroatoms. The second kappa shape index (κ2) is 6.89. The molecule has 0 aliphatic carbocycles. The highest BCUT2D eigenvalue weighted by molar-refractivity contribution is 6.31. The number of halogens is 1. The highest BCUT2D eigenvalue weighted by atomic mass is 35.5. The second-order valence-electron chi connectivity index (χ2n) is 4.52. The van der Waals surface area contributed by atoms with Crippen LogP contribution in [0.4, 0.5) is 11.4 Å². The van der Waals surface area contributed by atoms with Crippen LogP contribution in [0.5, 0.6) is 0 Å². The van der Waals surface area contributed by atoms with E-state index in [0.29, 0.717) is 10.6 Å². The molecule has 0 aromatic heterocycles. The normalized spacial score (nSPS) is 11.5. The minimum Gasteiger partial charge on any atom is -0.387 e. The minimum absolute atomic E-state index is 0.0521. The summed E-state index contributed by atoms with van der Waals surface area (Å²) in [5.41, 5.74) is 0.748. The Morgan fingerprint density at radius 3 is 2.73 bits per heavy atom. The zero-order valence-electron chi connectivity index (χ0n) is 11.4. The molecule has 0 heterocycles. The fraction of sp³-hybridized carbons (Fsp3) is 0.133. The Bertz CT molecular complexity index is 743. The van der Waals surface area contributed by atoms with E-state index in [1.54, 1.807) is 24.3 Å². The number of aliphatic hydroxyl groups excluding tert-OH is 1. The van der Waals surface area contributed by atoms with Gasteiger partial charge in [0.2, 0.25) is 0 Å². The zero-order valence-corrected chi connectivity index (χ0v) is 12.1. The van der Waals surface area contributed by atoms with E-state index in [-0.39, 0.29) is 23.5 Å². The summed E-state index contributed by atoms with van der Waals surface area (Å²) in [5, 5.41) is 33.2. The van der Waals surface area contributed by atoms with Crippen molar-refractivity contribution < 1.29 is 10.0 Å². The fourth-order valence-electron chi connectivity index (χ4n) is 1.96. The van der Waals surface area contributed by atoms with Gasteiger partial charge in [0.1, 0.15) is 5.69 Å². The average Bonchev–Trinajstić information content (AvgIpc) is 2.52. The Morgan fingerprint density at radius 1 is 1.36 bits per heavy atom. The van der Waals surface area contributed by atoms with Crippen LogP contribution in [0.3, 0.4) is 0 Å². The molecule has 0 radical (unpaired) electrons. The largest absolute Gasteiger partial charge is 0.387 e. The van der Waals surface area contributed by atoms with Gasteiger partial charge in [-0.05, 0) is 18.2 Å². The van der Waals surface area contributed by atoms with Crippen LogP contribution in [0.1, 0.15) is 17.2 Å². The molecule has 0 aliphatic heterocycles. The van der Waals surface area contributed by atoms with Crippen LogP contribution in [0.2, 0.25) is 5.02 Å². The third kappa shape index (κ3) is 3.52. The van der Waals surface area contributed by atoms with Crippen molar-refractivity contribution in [3.63, 3.8) is 0 Å². The highest BCUT2D eigenvalue weighted by Gasteiger charge is 2.17. The van der Waals surface area contributed by atoms with Gasteiger partial charge in [-0.3, -0.25) is 10.1 Å². The van der Waals surface area contributed by atoms with E-state index in [1.165, 1.54) is 18.2 Å². The lowest BCUT2D eigenvalue weighted by molar-refractivity contribution is -0.384. The van der Waals surface area contributed by atoms with E-state index < -0.39 is 11.0 Å². The van der Waals surface area contributed by atoms with Gasteiger partial charge in [-0.1, -0.05) is 29.8 Å². The Balaban J connectivity index is 2.17. The van der Waals surface area contributed by atoms with Crippen LogP contribution in [0.25, 0.3) is 0 Å². The second-order valence-corrected chi connectivity index (χ2v) is 4.93. The van der Waals surface area contributed by atoms with Gasteiger partial charge in [-0.2, -0.15) is 5.26 Å². The maximum atomic E-state index is 11.0. The third-order valence-electron chi connectivity index (χ3n) is 3.07. The molecule has 22 heavy (non-hydrogen) atoms. The standard InChI is InChI=1S/C15H12ClN3O3/c16-12-4-2-1-3-11(12)15(20)9-18-13-6-5-10(8-17)7-14(13)19(21)22/h1-7,15,18,20H,9H2. The van der Waals surface area contributed by atoms with Crippen LogP contribution in [0.15, 0.2) is 42.5 Å². The van der Waals surface area contributed by atoms with Gasteiger partial charge in [-0.25, -0.2) is 0 Å². The van der Waals surface area contributed by atoms with Crippen molar-refractivity contribution in [1.29, 1.82) is 5.26 Å². The minimum atomic E-state index is -0.913. The average molecular weight is 318 g/mol. The number of hydrogen-bond donors (Lipinski definition) is 2. The topological polar surface area (TPSA) is 99.2 Å². The maximum absolute atomic E-state index is 11.0. The van der Waals surface area contributed by atoms with E-state index in [1.807, 2.05) is 6.07 Å². The van der Waals surface area contributed by atoms with Gasteiger partial charge < -0.3 is 10.4 Å². The smallest absolute Gasteiger partial charge is 0.293 e. The van der Waals surface area contributed by atoms with Crippen molar-refractivity contribution in [2.45, 2.75) is 6.10 Å².